The lowest BCUT2D eigenvalue weighted by molar-refractivity contribution is -0.157. The third-order valence-electron chi connectivity index (χ3n) is 3.68. The van der Waals surface area contributed by atoms with Crippen LogP contribution in [-0.2, 0) is 15.7 Å². The van der Waals surface area contributed by atoms with Crippen LogP contribution in [0.4, 0.5) is 13.2 Å². The SMILES string of the molecule is CCCC(=O)OC1c2ccc(C(F)(F)F)cc2C(=O)N1CC(C)C. The molecule has 2 rings (SSSR count). The van der Waals surface area contributed by atoms with E-state index in [0.717, 1.165) is 12.1 Å². The van der Waals surface area contributed by atoms with Gasteiger partial charge in [0, 0.05) is 24.1 Å². The van der Waals surface area contributed by atoms with Crippen molar-refractivity contribution in [3.05, 3.63) is 34.9 Å². The molecule has 1 aromatic carbocycles. The molecule has 0 N–H and O–H groups in total. The summed E-state index contributed by atoms with van der Waals surface area (Å²) in [5, 5.41) is 0. The van der Waals surface area contributed by atoms with Gasteiger partial charge in [0.1, 0.15) is 0 Å². The summed E-state index contributed by atoms with van der Waals surface area (Å²) in [6, 6.07) is 2.96. The molecule has 4 nitrogen and oxygen atoms in total. The molecule has 0 radical (unpaired) electrons. The number of halogens is 3. The van der Waals surface area contributed by atoms with Gasteiger partial charge in [0.15, 0.2) is 0 Å². The van der Waals surface area contributed by atoms with Crippen LogP contribution >= 0.6 is 0 Å². The lowest BCUT2D eigenvalue weighted by atomic mass is 10.1. The van der Waals surface area contributed by atoms with Crippen LogP contribution in [0.5, 0.6) is 0 Å². The van der Waals surface area contributed by atoms with Crippen molar-refractivity contribution >= 4 is 11.9 Å². The van der Waals surface area contributed by atoms with Crippen molar-refractivity contribution in [2.24, 2.45) is 5.92 Å². The van der Waals surface area contributed by atoms with Crippen molar-refractivity contribution in [3.8, 4) is 0 Å². The van der Waals surface area contributed by atoms with Crippen molar-refractivity contribution in [3.63, 3.8) is 0 Å². The second-order valence-electron chi connectivity index (χ2n) is 6.24. The van der Waals surface area contributed by atoms with Gasteiger partial charge in [-0.1, -0.05) is 26.8 Å². The number of carbonyl (C=O) groups excluding carboxylic acids is 2. The van der Waals surface area contributed by atoms with Crippen LogP contribution in [0.1, 0.15) is 61.3 Å². The summed E-state index contributed by atoms with van der Waals surface area (Å²) in [5.74, 6) is -0.936. The Bertz CT molecular complexity index is 640. The van der Waals surface area contributed by atoms with E-state index in [-0.39, 0.29) is 17.9 Å². The van der Waals surface area contributed by atoms with Crippen molar-refractivity contribution in [2.75, 3.05) is 6.54 Å². The lowest BCUT2D eigenvalue weighted by Gasteiger charge is -2.26. The van der Waals surface area contributed by atoms with Gasteiger partial charge in [-0.15, -0.1) is 0 Å². The monoisotopic (exact) mass is 343 g/mol. The minimum atomic E-state index is -4.53. The van der Waals surface area contributed by atoms with Crippen LogP contribution in [0, 0.1) is 5.92 Å². The maximum atomic E-state index is 12.9. The summed E-state index contributed by atoms with van der Waals surface area (Å²) in [7, 11) is 0. The number of benzene rings is 1. The third kappa shape index (κ3) is 3.71. The second-order valence-corrected chi connectivity index (χ2v) is 6.24. The summed E-state index contributed by atoms with van der Waals surface area (Å²) < 4.78 is 44.0. The summed E-state index contributed by atoms with van der Waals surface area (Å²) in [4.78, 5) is 25.7. The number of ether oxygens (including phenoxy) is 1. The molecular weight excluding hydrogens is 323 g/mol. The number of esters is 1. The van der Waals surface area contributed by atoms with Gasteiger partial charge >= 0.3 is 12.1 Å². The number of hydrogen-bond donors (Lipinski definition) is 0. The average molecular weight is 343 g/mol. The molecule has 0 saturated heterocycles. The van der Waals surface area contributed by atoms with E-state index in [1.54, 1.807) is 0 Å². The van der Waals surface area contributed by atoms with E-state index in [1.165, 1.54) is 11.0 Å². The maximum absolute atomic E-state index is 12.9. The third-order valence-corrected chi connectivity index (χ3v) is 3.68. The average Bonchev–Trinajstić information content (AvgIpc) is 2.71. The fraction of sp³-hybridized carbons (Fsp3) is 0.529. The first-order chi connectivity index (χ1) is 11.1. The van der Waals surface area contributed by atoms with Gasteiger partial charge in [0.05, 0.1) is 5.56 Å². The fourth-order valence-electron chi connectivity index (χ4n) is 2.65. The fourth-order valence-corrected chi connectivity index (χ4v) is 2.65. The standard InChI is InChI=1S/C17H20F3NO3/c1-4-5-14(22)24-16-12-7-6-11(17(18,19)20)8-13(12)15(23)21(16)9-10(2)3/h6-8,10,16H,4-5,9H2,1-3H3. The molecule has 1 aliphatic heterocycles. The minimum Gasteiger partial charge on any atom is -0.437 e. The highest BCUT2D eigenvalue weighted by molar-refractivity contribution is 5.99. The molecule has 132 valence electrons. The quantitative estimate of drug-likeness (QED) is 0.754. The summed E-state index contributed by atoms with van der Waals surface area (Å²) in [6.07, 6.45) is -4.72. The summed E-state index contributed by atoms with van der Waals surface area (Å²) in [5.41, 5.74) is -0.641. The molecule has 1 atom stereocenters. The van der Waals surface area contributed by atoms with Crippen LogP contribution in [0.25, 0.3) is 0 Å². The number of nitrogens with zero attached hydrogens (tertiary/aromatic N) is 1. The molecule has 0 bridgehead atoms. The molecule has 1 heterocycles. The van der Waals surface area contributed by atoms with E-state index in [4.69, 9.17) is 4.74 Å². The van der Waals surface area contributed by atoms with Gasteiger partial charge in [0.2, 0.25) is 6.23 Å². The molecule has 1 amide bonds. The lowest BCUT2D eigenvalue weighted by Crippen LogP contribution is -2.34. The largest absolute Gasteiger partial charge is 0.437 e. The smallest absolute Gasteiger partial charge is 0.416 e. The molecule has 0 spiro atoms. The normalized spacial score (nSPS) is 17.4. The first-order valence-corrected chi connectivity index (χ1v) is 7.86. The van der Waals surface area contributed by atoms with Crippen molar-refractivity contribution in [1.82, 2.24) is 4.90 Å². The van der Waals surface area contributed by atoms with Crippen LogP contribution in [0.3, 0.4) is 0 Å². The van der Waals surface area contributed by atoms with Gasteiger partial charge in [0.25, 0.3) is 5.91 Å². The van der Waals surface area contributed by atoms with Crippen molar-refractivity contribution in [1.29, 1.82) is 0 Å². The van der Waals surface area contributed by atoms with Gasteiger partial charge < -0.3 is 4.74 Å². The Morgan fingerprint density at radius 2 is 2.00 bits per heavy atom. The molecule has 24 heavy (non-hydrogen) atoms. The molecule has 0 aliphatic carbocycles. The zero-order valence-corrected chi connectivity index (χ0v) is 13.8. The molecule has 1 aliphatic rings. The number of alkyl halides is 3. The molecule has 0 fully saturated rings. The summed E-state index contributed by atoms with van der Waals surface area (Å²) in [6.45, 7) is 5.86. The molecular formula is C17H20F3NO3. The van der Waals surface area contributed by atoms with Crippen LogP contribution in [-0.4, -0.2) is 23.3 Å². The molecule has 7 heteroatoms. The highest BCUT2D eigenvalue weighted by Gasteiger charge is 2.41. The Labute approximate surface area is 138 Å². The Kier molecular flexibility index (Phi) is 5.20. The highest BCUT2D eigenvalue weighted by Crippen LogP contribution is 2.39. The zero-order valence-electron chi connectivity index (χ0n) is 13.8. The Morgan fingerprint density at radius 1 is 1.33 bits per heavy atom. The minimum absolute atomic E-state index is 0.0558. The van der Waals surface area contributed by atoms with E-state index in [1.807, 2.05) is 20.8 Å². The molecule has 0 saturated carbocycles. The van der Waals surface area contributed by atoms with E-state index in [2.05, 4.69) is 0 Å². The first kappa shape index (κ1) is 18.3. The van der Waals surface area contributed by atoms with Gasteiger partial charge in [-0.05, 0) is 24.5 Å². The zero-order chi connectivity index (χ0) is 18.1. The number of amides is 1. The predicted molar refractivity (Wildman–Crippen MR) is 81.1 cm³/mol. The van der Waals surface area contributed by atoms with Crippen LogP contribution in [0.15, 0.2) is 18.2 Å². The van der Waals surface area contributed by atoms with E-state index < -0.39 is 29.8 Å². The van der Waals surface area contributed by atoms with Gasteiger partial charge in [-0.25, -0.2) is 0 Å². The van der Waals surface area contributed by atoms with Crippen molar-refractivity contribution in [2.45, 2.75) is 46.0 Å². The van der Waals surface area contributed by atoms with Crippen LogP contribution < -0.4 is 0 Å². The Balaban J connectivity index is 2.41. The Morgan fingerprint density at radius 3 is 2.54 bits per heavy atom. The molecule has 1 aromatic rings. The van der Waals surface area contributed by atoms with Crippen LogP contribution in [0.2, 0.25) is 0 Å². The second kappa shape index (κ2) is 6.83. The van der Waals surface area contributed by atoms with Gasteiger partial charge in [-0.2, -0.15) is 13.2 Å². The van der Waals surface area contributed by atoms with E-state index in [0.29, 0.717) is 18.5 Å². The van der Waals surface area contributed by atoms with Gasteiger partial charge in [-0.3, -0.25) is 14.5 Å². The molecule has 0 aromatic heterocycles. The van der Waals surface area contributed by atoms with Crippen molar-refractivity contribution < 1.29 is 27.5 Å². The predicted octanol–water partition coefficient (Wildman–Crippen LogP) is 4.16. The number of rotatable bonds is 5. The molecule has 1 unspecified atom stereocenters. The number of fused-ring (bicyclic) bond motifs is 1. The first-order valence-electron chi connectivity index (χ1n) is 7.86. The maximum Gasteiger partial charge on any atom is 0.416 e. The topological polar surface area (TPSA) is 46.6 Å². The summed E-state index contributed by atoms with van der Waals surface area (Å²) >= 11 is 0. The highest BCUT2D eigenvalue weighted by atomic mass is 19.4. The number of carbonyl (C=O) groups is 2. The van der Waals surface area contributed by atoms with E-state index >= 15 is 0 Å². The number of hydrogen-bond acceptors (Lipinski definition) is 3. The van der Waals surface area contributed by atoms with E-state index in [9.17, 15) is 22.8 Å². The Hall–Kier alpha value is -2.05.